The third-order valence-corrected chi connectivity index (χ3v) is 6.78. The molecule has 0 saturated carbocycles. The number of nitrogens with zero attached hydrogens (tertiary/aromatic N) is 2. The third kappa shape index (κ3) is 5.28. The van der Waals surface area contributed by atoms with Crippen molar-refractivity contribution in [2.24, 2.45) is 5.92 Å². The smallest absolute Gasteiger partial charge is 0.234 e. The highest BCUT2D eigenvalue weighted by Crippen LogP contribution is 2.30. The standard InChI is InChI=1S/C29H34N2O/c1-23-21-31(22-27(23)30(2)20-12-15-24-13-6-3-7-14-24)29(32)28(25-16-8-4-9-17-25)26-18-10-5-11-19-26/h3-11,13-14,16-19,23,27-28H,12,15,20-22H2,1-2H3/t23-,27?/m0/s1. The van der Waals surface area contributed by atoms with Gasteiger partial charge in [-0.3, -0.25) is 4.79 Å². The molecular weight excluding hydrogens is 392 g/mol. The summed E-state index contributed by atoms with van der Waals surface area (Å²) in [5.41, 5.74) is 3.53. The van der Waals surface area contributed by atoms with Gasteiger partial charge in [0, 0.05) is 19.1 Å². The molecule has 166 valence electrons. The highest BCUT2D eigenvalue weighted by molar-refractivity contribution is 5.87. The molecule has 1 amide bonds. The molecule has 3 heteroatoms. The van der Waals surface area contributed by atoms with Crippen LogP contribution in [0.3, 0.4) is 0 Å². The number of likely N-dealkylation sites (N-methyl/N-ethyl adjacent to an activating group) is 1. The van der Waals surface area contributed by atoms with Gasteiger partial charge in [0.1, 0.15) is 0 Å². The molecule has 1 heterocycles. The molecule has 0 aliphatic carbocycles. The predicted octanol–water partition coefficient (Wildman–Crippen LogP) is 5.23. The summed E-state index contributed by atoms with van der Waals surface area (Å²) in [7, 11) is 2.21. The zero-order valence-corrected chi connectivity index (χ0v) is 19.2. The Morgan fingerprint density at radius 1 is 0.875 bits per heavy atom. The average molecular weight is 427 g/mol. The van der Waals surface area contributed by atoms with E-state index in [1.54, 1.807) is 0 Å². The van der Waals surface area contributed by atoms with Crippen LogP contribution in [0.4, 0.5) is 0 Å². The Morgan fingerprint density at radius 2 is 1.41 bits per heavy atom. The second-order valence-electron chi connectivity index (χ2n) is 9.11. The quantitative estimate of drug-likeness (QED) is 0.492. The normalized spacial score (nSPS) is 18.4. The van der Waals surface area contributed by atoms with Crippen LogP contribution < -0.4 is 0 Å². The Morgan fingerprint density at radius 3 is 1.97 bits per heavy atom. The van der Waals surface area contributed by atoms with E-state index in [9.17, 15) is 4.79 Å². The largest absolute Gasteiger partial charge is 0.340 e. The maximum absolute atomic E-state index is 13.8. The van der Waals surface area contributed by atoms with Crippen LogP contribution in [-0.2, 0) is 11.2 Å². The number of amides is 1. The van der Waals surface area contributed by atoms with E-state index in [1.165, 1.54) is 5.56 Å². The average Bonchev–Trinajstić information content (AvgIpc) is 3.23. The second kappa shape index (κ2) is 10.6. The molecule has 3 aromatic carbocycles. The molecule has 0 N–H and O–H groups in total. The third-order valence-electron chi connectivity index (χ3n) is 6.78. The zero-order chi connectivity index (χ0) is 22.3. The molecule has 3 nitrogen and oxygen atoms in total. The minimum atomic E-state index is -0.244. The SMILES string of the molecule is C[C@H]1CN(C(=O)C(c2ccccc2)c2ccccc2)CC1N(C)CCCc1ccccc1. The second-order valence-corrected chi connectivity index (χ2v) is 9.11. The van der Waals surface area contributed by atoms with Crippen molar-refractivity contribution < 1.29 is 4.79 Å². The molecular formula is C29H34N2O. The Labute approximate surface area is 192 Å². The summed E-state index contributed by atoms with van der Waals surface area (Å²) in [6.07, 6.45) is 2.23. The lowest BCUT2D eigenvalue weighted by Gasteiger charge is -2.28. The van der Waals surface area contributed by atoms with Crippen LogP contribution in [0.5, 0.6) is 0 Å². The maximum atomic E-state index is 13.8. The van der Waals surface area contributed by atoms with Crippen molar-refractivity contribution >= 4 is 5.91 Å². The molecule has 1 fully saturated rings. The lowest BCUT2D eigenvalue weighted by atomic mass is 9.90. The molecule has 2 atom stereocenters. The summed E-state index contributed by atoms with van der Waals surface area (Å²) in [5.74, 6) is 0.439. The molecule has 0 radical (unpaired) electrons. The summed E-state index contributed by atoms with van der Waals surface area (Å²) < 4.78 is 0. The van der Waals surface area contributed by atoms with Gasteiger partial charge in [-0.1, -0.05) is 97.9 Å². The van der Waals surface area contributed by atoms with Crippen molar-refractivity contribution in [3.05, 3.63) is 108 Å². The number of likely N-dealkylation sites (tertiary alicyclic amines) is 1. The Hall–Kier alpha value is -2.91. The van der Waals surface area contributed by atoms with Gasteiger partial charge in [0.2, 0.25) is 5.91 Å². The fourth-order valence-corrected chi connectivity index (χ4v) is 5.00. The molecule has 1 saturated heterocycles. The summed E-state index contributed by atoms with van der Waals surface area (Å²) in [5, 5.41) is 0. The van der Waals surface area contributed by atoms with Crippen molar-refractivity contribution in [2.75, 3.05) is 26.7 Å². The molecule has 32 heavy (non-hydrogen) atoms. The Bertz CT molecular complexity index is 934. The van der Waals surface area contributed by atoms with Crippen LogP contribution in [0, 0.1) is 5.92 Å². The highest BCUT2D eigenvalue weighted by atomic mass is 16.2. The summed E-state index contributed by atoms with van der Waals surface area (Å²) >= 11 is 0. The van der Waals surface area contributed by atoms with E-state index < -0.39 is 0 Å². The number of hydrogen-bond acceptors (Lipinski definition) is 2. The van der Waals surface area contributed by atoms with Crippen LogP contribution in [-0.4, -0.2) is 48.4 Å². The molecule has 0 spiro atoms. The minimum Gasteiger partial charge on any atom is -0.340 e. The van der Waals surface area contributed by atoms with Gasteiger partial charge in [0.15, 0.2) is 0 Å². The molecule has 1 aliphatic heterocycles. The summed E-state index contributed by atoms with van der Waals surface area (Å²) in [4.78, 5) is 18.3. The predicted molar refractivity (Wildman–Crippen MR) is 132 cm³/mol. The summed E-state index contributed by atoms with van der Waals surface area (Å²) in [6, 6.07) is 31.5. The highest BCUT2D eigenvalue weighted by Gasteiger charge is 2.37. The summed E-state index contributed by atoms with van der Waals surface area (Å²) in [6.45, 7) is 4.96. The first kappa shape index (κ1) is 22.3. The van der Waals surface area contributed by atoms with E-state index >= 15 is 0 Å². The zero-order valence-electron chi connectivity index (χ0n) is 19.2. The first-order chi connectivity index (χ1) is 15.6. The van der Waals surface area contributed by atoms with E-state index in [-0.39, 0.29) is 11.8 Å². The van der Waals surface area contributed by atoms with E-state index in [2.05, 4.69) is 78.4 Å². The van der Waals surface area contributed by atoms with Crippen LogP contribution in [0.2, 0.25) is 0 Å². The van der Waals surface area contributed by atoms with Gasteiger partial charge in [-0.15, -0.1) is 0 Å². The van der Waals surface area contributed by atoms with Crippen LogP contribution >= 0.6 is 0 Å². The van der Waals surface area contributed by atoms with Gasteiger partial charge in [0.05, 0.1) is 5.92 Å². The first-order valence-corrected chi connectivity index (χ1v) is 11.8. The van der Waals surface area contributed by atoms with Gasteiger partial charge >= 0.3 is 0 Å². The fraction of sp³-hybridized carbons (Fsp3) is 0.345. The van der Waals surface area contributed by atoms with E-state index in [4.69, 9.17) is 0 Å². The molecule has 1 unspecified atom stereocenters. The number of carbonyl (C=O) groups is 1. The molecule has 4 rings (SSSR count). The topological polar surface area (TPSA) is 23.6 Å². The maximum Gasteiger partial charge on any atom is 0.234 e. The fourth-order valence-electron chi connectivity index (χ4n) is 5.00. The Balaban J connectivity index is 1.42. The van der Waals surface area contributed by atoms with E-state index in [1.807, 2.05) is 36.4 Å². The van der Waals surface area contributed by atoms with Gasteiger partial charge < -0.3 is 9.80 Å². The number of aryl methyl sites for hydroxylation is 1. The molecule has 1 aliphatic rings. The number of carbonyl (C=O) groups excluding carboxylic acids is 1. The van der Waals surface area contributed by atoms with Crippen molar-refractivity contribution in [1.29, 1.82) is 0 Å². The van der Waals surface area contributed by atoms with Gasteiger partial charge in [0.25, 0.3) is 0 Å². The molecule has 0 aromatic heterocycles. The monoisotopic (exact) mass is 426 g/mol. The van der Waals surface area contributed by atoms with Crippen LogP contribution in [0.25, 0.3) is 0 Å². The number of hydrogen-bond donors (Lipinski definition) is 0. The lowest BCUT2D eigenvalue weighted by molar-refractivity contribution is -0.131. The van der Waals surface area contributed by atoms with E-state index in [0.717, 1.165) is 43.6 Å². The lowest BCUT2D eigenvalue weighted by Crippen LogP contribution is -2.40. The first-order valence-electron chi connectivity index (χ1n) is 11.8. The van der Waals surface area contributed by atoms with Gasteiger partial charge in [-0.2, -0.15) is 0 Å². The van der Waals surface area contributed by atoms with Crippen molar-refractivity contribution in [3.8, 4) is 0 Å². The number of rotatable bonds is 8. The molecule has 3 aromatic rings. The molecule has 0 bridgehead atoms. The Kier molecular flexibility index (Phi) is 7.39. The van der Waals surface area contributed by atoms with Crippen molar-refractivity contribution in [1.82, 2.24) is 9.80 Å². The van der Waals surface area contributed by atoms with Crippen LogP contribution in [0.1, 0.15) is 36.0 Å². The number of benzene rings is 3. The van der Waals surface area contributed by atoms with Gasteiger partial charge in [-0.05, 0) is 49.0 Å². The minimum absolute atomic E-state index is 0.217. The van der Waals surface area contributed by atoms with Gasteiger partial charge in [-0.25, -0.2) is 0 Å². The van der Waals surface area contributed by atoms with Crippen LogP contribution in [0.15, 0.2) is 91.0 Å². The van der Waals surface area contributed by atoms with Crippen molar-refractivity contribution in [3.63, 3.8) is 0 Å². The van der Waals surface area contributed by atoms with Crippen molar-refractivity contribution in [2.45, 2.75) is 31.7 Å². The van der Waals surface area contributed by atoms with E-state index in [0.29, 0.717) is 12.0 Å².